The summed E-state index contributed by atoms with van der Waals surface area (Å²) >= 11 is 0. The van der Waals surface area contributed by atoms with Crippen LogP contribution < -0.4 is 0 Å². The molecule has 1 fully saturated rings. The van der Waals surface area contributed by atoms with Crippen LogP contribution in [0.3, 0.4) is 0 Å². The molecule has 0 bridgehead atoms. The molecule has 1 atom stereocenters. The third kappa shape index (κ3) is 3.79. The molecule has 3 heteroatoms. The van der Waals surface area contributed by atoms with E-state index in [2.05, 4.69) is 4.98 Å². The summed E-state index contributed by atoms with van der Waals surface area (Å²) in [5.41, 5.74) is 0.973. The summed E-state index contributed by atoms with van der Waals surface area (Å²) in [4.78, 5) is 4.23. The second kappa shape index (κ2) is 6.12. The van der Waals surface area contributed by atoms with E-state index in [9.17, 15) is 5.11 Å². The number of nitrogens with zero attached hydrogens (tertiary/aromatic N) is 1. The Kier molecular flexibility index (Phi) is 4.51. The van der Waals surface area contributed by atoms with Gasteiger partial charge in [0.2, 0.25) is 0 Å². The molecular weight excluding hydrogens is 214 g/mol. The number of rotatable bonds is 6. The molecule has 17 heavy (non-hydrogen) atoms. The van der Waals surface area contributed by atoms with E-state index >= 15 is 0 Å². The first-order chi connectivity index (χ1) is 8.28. The van der Waals surface area contributed by atoms with Crippen molar-refractivity contribution in [1.29, 1.82) is 0 Å². The molecule has 1 saturated carbocycles. The average Bonchev–Trinajstić information content (AvgIpc) is 2.27. The van der Waals surface area contributed by atoms with Gasteiger partial charge in [-0.05, 0) is 44.2 Å². The van der Waals surface area contributed by atoms with Crippen molar-refractivity contribution in [2.75, 3.05) is 6.61 Å². The fourth-order valence-electron chi connectivity index (χ4n) is 2.47. The lowest BCUT2D eigenvalue weighted by Gasteiger charge is -2.36. The van der Waals surface area contributed by atoms with E-state index in [1.165, 1.54) is 0 Å². The fraction of sp³-hybridized carbons (Fsp3) is 0.643. The minimum atomic E-state index is -0.266. The van der Waals surface area contributed by atoms with Crippen molar-refractivity contribution in [2.45, 2.75) is 44.8 Å². The number of hydrogen-bond acceptors (Lipinski definition) is 3. The normalized spacial score (nSPS) is 25.3. The maximum Gasteiger partial charge on any atom is 0.0598 e. The van der Waals surface area contributed by atoms with Gasteiger partial charge in [0.1, 0.15) is 0 Å². The van der Waals surface area contributed by atoms with E-state index in [1.54, 1.807) is 6.20 Å². The summed E-state index contributed by atoms with van der Waals surface area (Å²) < 4.78 is 5.51. The third-order valence-electron chi connectivity index (χ3n) is 3.37. The topological polar surface area (TPSA) is 42.4 Å². The van der Waals surface area contributed by atoms with Crippen LogP contribution in [0, 0.1) is 5.92 Å². The lowest BCUT2D eigenvalue weighted by molar-refractivity contribution is -0.0376. The lowest BCUT2D eigenvalue weighted by atomic mass is 9.78. The number of aliphatic hydroxyl groups excluding tert-OH is 1. The van der Waals surface area contributed by atoms with Crippen molar-refractivity contribution in [3.8, 4) is 0 Å². The summed E-state index contributed by atoms with van der Waals surface area (Å²) in [6.07, 6.45) is 5.69. The zero-order chi connectivity index (χ0) is 12.1. The van der Waals surface area contributed by atoms with Crippen LogP contribution in [0.25, 0.3) is 0 Å². The van der Waals surface area contributed by atoms with Gasteiger partial charge in [-0.15, -0.1) is 0 Å². The number of aromatic nitrogens is 1. The summed E-state index contributed by atoms with van der Waals surface area (Å²) in [5.74, 6) is 0.630. The van der Waals surface area contributed by atoms with Gasteiger partial charge in [-0.3, -0.25) is 4.98 Å². The molecule has 0 radical (unpaired) electrons. The number of pyridine rings is 1. The molecule has 94 valence electrons. The Labute approximate surface area is 103 Å². The van der Waals surface area contributed by atoms with E-state index in [1.807, 2.05) is 25.1 Å². The van der Waals surface area contributed by atoms with Gasteiger partial charge in [0.25, 0.3) is 0 Å². The number of ether oxygens (including phenoxy) is 1. The van der Waals surface area contributed by atoms with E-state index in [0.717, 1.165) is 31.6 Å². The van der Waals surface area contributed by atoms with Crippen molar-refractivity contribution in [3.05, 3.63) is 30.1 Å². The van der Waals surface area contributed by atoms with Crippen LogP contribution in [-0.4, -0.2) is 28.9 Å². The third-order valence-corrected chi connectivity index (χ3v) is 3.37. The highest BCUT2D eigenvalue weighted by Gasteiger charge is 2.30. The predicted octanol–water partition coefficient (Wildman–Crippen LogP) is 2.19. The summed E-state index contributed by atoms with van der Waals surface area (Å²) in [6, 6.07) is 5.82. The first-order valence-corrected chi connectivity index (χ1v) is 6.47. The van der Waals surface area contributed by atoms with Crippen LogP contribution in [0.1, 0.15) is 31.9 Å². The smallest absolute Gasteiger partial charge is 0.0598 e. The molecule has 1 heterocycles. The molecule has 1 N–H and O–H groups in total. The van der Waals surface area contributed by atoms with E-state index in [4.69, 9.17) is 4.74 Å². The van der Waals surface area contributed by atoms with E-state index in [-0.39, 0.29) is 6.10 Å². The van der Waals surface area contributed by atoms with Gasteiger partial charge in [0.05, 0.1) is 12.2 Å². The second-order valence-electron chi connectivity index (χ2n) is 4.83. The van der Waals surface area contributed by atoms with Crippen LogP contribution in [-0.2, 0) is 11.2 Å². The maximum absolute atomic E-state index is 9.97. The molecule has 0 saturated heterocycles. The highest BCUT2D eigenvalue weighted by atomic mass is 16.5. The van der Waals surface area contributed by atoms with Crippen LogP contribution in [0.4, 0.5) is 0 Å². The first-order valence-electron chi connectivity index (χ1n) is 6.47. The van der Waals surface area contributed by atoms with Gasteiger partial charge < -0.3 is 9.84 Å². The molecule has 0 amide bonds. The molecule has 1 aliphatic carbocycles. The van der Waals surface area contributed by atoms with Crippen molar-refractivity contribution in [2.24, 2.45) is 5.92 Å². The van der Waals surface area contributed by atoms with Crippen molar-refractivity contribution >= 4 is 0 Å². The monoisotopic (exact) mass is 235 g/mol. The van der Waals surface area contributed by atoms with Gasteiger partial charge in [-0.1, -0.05) is 6.07 Å². The molecule has 2 rings (SSSR count). The minimum absolute atomic E-state index is 0.266. The van der Waals surface area contributed by atoms with Crippen molar-refractivity contribution < 1.29 is 9.84 Å². The van der Waals surface area contributed by atoms with Crippen molar-refractivity contribution in [3.63, 3.8) is 0 Å². The molecule has 1 unspecified atom stereocenters. The van der Waals surface area contributed by atoms with Gasteiger partial charge in [0.15, 0.2) is 0 Å². The van der Waals surface area contributed by atoms with Gasteiger partial charge in [0, 0.05) is 24.9 Å². The highest BCUT2D eigenvalue weighted by Crippen LogP contribution is 2.33. The predicted molar refractivity (Wildman–Crippen MR) is 66.7 cm³/mol. The van der Waals surface area contributed by atoms with Crippen LogP contribution >= 0.6 is 0 Å². The quantitative estimate of drug-likeness (QED) is 0.822. The Hall–Kier alpha value is -0.930. The van der Waals surface area contributed by atoms with Crippen LogP contribution in [0.5, 0.6) is 0 Å². The Balaban J connectivity index is 1.67. The van der Waals surface area contributed by atoms with E-state index in [0.29, 0.717) is 18.4 Å². The van der Waals surface area contributed by atoms with Gasteiger partial charge in [-0.2, -0.15) is 0 Å². The number of hydrogen-bond donors (Lipinski definition) is 1. The summed E-state index contributed by atoms with van der Waals surface area (Å²) in [7, 11) is 0. The van der Waals surface area contributed by atoms with Gasteiger partial charge >= 0.3 is 0 Å². The average molecular weight is 235 g/mol. The molecule has 1 aromatic heterocycles. The number of aliphatic hydroxyl groups is 1. The highest BCUT2D eigenvalue weighted by molar-refractivity contribution is 5.04. The summed E-state index contributed by atoms with van der Waals surface area (Å²) in [6.45, 7) is 2.83. The maximum atomic E-state index is 9.97. The van der Waals surface area contributed by atoms with E-state index < -0.39 is 0 Å². The second-order valence-corrected chi connectivity index (χ2v) is 4.83. The van der Waals surface area contributed by atoms with Crippen LogP contribution in [0.15, 0.2) is 24.4 Å². The Morgan fingerprint density at radius 1 is 1.47 bits per heavy atom. The zero-order valence-electron chi connectivity index (χ0n) is 10.4. The largest absolute Gasteiger partial charge is 0.393 e. The standard InChI is InChI=1S/C14H21NO2/c1-2-17-14-8-11(9-14)7-13(16)10-12-5-3-4-6-15-12/h3-6,11,13-14,16H,2,7-10H2,1H3. The molecule has 0 aliphatic heterocycles. The molecular formula is C14H21NO2. The Morgan fingerprint density at radius 3 is 2.94 bits per heavy atom. The Morgan fingerprint density at radius 2 is 2.29 bits per heavy atom. The lowest BCUT2D eigenvalue weighted by Crippen LogP contribution is -2.34. The first kappa shape index (κ1) is 12.5. The minimum Gasteiger partial charge on any atom is -0.393 e. The molecule has 1 aliphatic rings. The molecule has 0 aromatic carbocycles. The van der Waals surface area contributed by atoms with Gasteiger partial charge in [-0.25, -0.2) is 0 Å². The SMILES string of the molecule is CCOC1CC(CC(O)Cc2ccccn2)C1. The summed E-state index contributed by atoms with van der Waals surface area (Å²) in [5, 5.41) is 9.97. The fourth-order valence-corrected chi connectivity index (χ4v) is 2.47. The van der Waals surface area contributed by atoms with Crippen LogP contribution in [0.2, 0.25) is 0 Å². The molecule has 3 nitrogen and oxygen atoms in total. The zero-order valence-corrected chi connectivity index (χ0v) is 10.4. The van der Waals surface area contributed by atoms with Crippen molar-refractivity contribution in [1.82, 2.24) is 4.98 Å². The molecule has 1 aromatic rings. The Bertz CT molecular complexity index is 322. The molecule has 0 spiro atoms.